The third-order valence-electron chi connectivity index (χ3n) is 1.52. The van der Waals surface area contributed by atoms with Crippen molar-refractivity contribution in [3.8, 4) is 0 Å². The van der Waals surface area contributed by atoms with Gasteiger partial charge in [0.2, 0.25) is 0 Å². The van der Waals surface area contributed by atoms with Crippen molar-refractivity contribution in [1.29, 1.82) is 0 Å². The van der Waals surface area contributed by atoms with Gasteiger partial charge in [0.25, 0.3) is 0 Å². The van der Waals surface area contributed by atoms with Crippen LogP contribution in [-0.2, 0) is 0 Å². The highest BCUT2D eigenvalue weighted by Crippen LogP contribution is 2.28. The zero-order chi connectivity index (χ0) is 8.72. The molecule has 0 radical (unpaired) electrons. The van der Waals surface area contributed by atoms with E-state index in [1.54, 1.807) is 12.1 Å². The van der Waals surface area contributed by atoms with Crippen molar-refractivity contribution in [2.45, 2.75) is 0 Å². The largest absolute Gasteiger partial charge is 0.331 e. The van der Waals surface area contributed by atoms with Crippen LogP contribution in [0.25, 0.3) is 11.0 Å². The molecular formula is C7H3BrCl2N2. The van der Waals surface area contributed by atoms with Gasteiger partial charge < -0.3 is 4.98 Å². The van der Waals surface area contributed by atoms with Crippen LogP contribution in [0.2, 0.25) is 10.0 Å². The molecule has 5 heteroatoms. The second-order valence-electron chi connectivity index (χ2n) is 2.28. The molecule has 2 rings (SSSR count). The van der Waals surface area contributed by atoms with Gasteiger partial charge in [0.05, 0.1) is 15.6 Å². The molecule has 0 saturated carbocycles. The van der Waals surface area contributed by atoms with E-state index in [0.717, 1.165) is 5.52 Å². The van der Waals surface area contributed by atoms with Crippen LogP contribution in [0, 0.1) is 0 Å². The Bertz CT molecular complexity index is 399. The zero-order valence-corrected chi connectivity index (χ0v) is 8.83. The molecule has 0 aliphatic rings. The fourth-order valence-electron chi connectivity index (χ4n) is 0.999. The Labute approximate surface area is 87.0 Å². The summed E-state index contributed by atoms with van der Waals surface area (Å²) >= 11 is 15.0. The Morgan fingerprint density at radius 2 is 1.92 bits per heavy atom. The first kappa shape index (κ1) is 8.35. The summed E-state index contributed by atoms with van der Waals surface area (Å²) < 4.78 is 0.632. The molecule has 0 aliphatic carbocycles. The number of benzene rings is 1. The molecule has 0 spiro atoms. The SMILES string of the molecule is Clc1ccc(Cl)c2[nH]c(Br)nc12. The maximum Gasteiger partial charge on any atom is 0.175 e. The molecule has 1 heterocycles. The van der Waals surface area contributed by atoms with Crippen LogP contribution in [0.3, 0.4) is 0 Å². The van der Waals surface area contributed by atoms with Crippen LogP contribution in [-0.4, -0.2) is 9.97 Å². The monoisotopic (exact) mass is 264 g/mol. The van der Waals surface area contributed by atoms with Crippen molar-refractivity contribution in [2.24, 2.45) is 0 Å². The summed E-state index contributed by atoms with van der Waals surface area (Å²) in [5.74, 6) is 0. The Morgan fingerprint density at radius 3 is 2.58 bits per heavy atom. The standard InChI is InChI=1S/C7H3BrCl2N2/c8-7-11-5-3(9)1-2-4(10)6(5)12-7/h1-2H,(H,11,12). The van der Waals surface area contributed by atoms with Crippen molar-refractivity contribution in [3.05, 3.63) is 26.9 Å². The number of hydrogen-bond acceptors (Lipinski definition) is 1. The van der Waals surface area contributed by atoms with E-state index < -0.39 is 0 Å². The van der Waals surface area contributed by atoms with Gasteiger partial charge in [-0.25, -0.2) is 4.98 Å². The summed E-state index contributed by atoms with van der Waals surface area (Å²) in [6, 6.07) is 3.45. The van der Waals surface area contributed by atoms with Crippen LogP contribution < -0.4 is 0 Å². The summed E-state index contributed by atoms with van der Waals surface area (Å²) in [6.07, 6.45) is 0. The third kappa shape index (κ3) is 1.22. The second kappa shape index (κ2) is 2.91. The number of aromatic amines is 1. The molecule has 0 fully saturated rings. The van der Waals surface area contributed by atoms with Gasteiger partial charge in [-0.3, -0.25) is 0 Å². The second-order valence-corrected chi connectivity index (χ2v) is 3.85. The third-order valence-corrected chi connectivity index (χ3v) is 2.51. The normalized spacial score (nSPS) is 10.9. The number of fused-ring (bicyclic) bond motifs is 1. The predicted octanol–water partition coefficient (Wildman–Crippen LogP) is 3.63. The van der Waals surface area contributed by atoms with Crippen molar-refractivity contribution >= 4 is 50.2 Å². The highest BCUT2D eigenvalue weighted by molar-refractivity contribution is 9.10. The molecule has 12 heavy (non-hydrogen) atoms. The van der Waals surface area contributed by atoms with Crippen molar-refractivity contribution in [2.75, 3.05) is 0 Å². The lowest BCUT2D eigenvalue weighted by atomic mass is 10.3. The van der Waals surface area contributed by atoms with Gasteiger partial charge in [-0.15, -0.1) is 0 Å². The van der Waals surface area contributed by atoms with E-state index >= 15 is 0 Å². The van der Waals surface area contributed by atoms with Crippen LogP contribution in [0.5, 0.6) is 0 Å². The molecular weight excluding hydrogens is 263 g/mol. The average Bonchev–Trinajstić information content (AvgIpc) is 2.41. The molecule has 2 aromatic rings. The Hall–Kier alpha value is -0.250. The van der Waals surface area contributed by atoms with Crippen LogP contribution >= 0.6 is 39.1 Å². The zero-order valence-electron chi connectivity index (χ0n) is 5.74. The molecule has 2 nitrogen and oxygen atoms in total. The first-order valence-electron chi connectivity index (χ1n) is 3.17. The van der Waals surface area contributed by atoms with E-state index in [-0.39, 0.29) is 0 Å². The van der Waals surface area contributed by atoms with Crippen molar-refractivity contribution in [1.82, 2.24) is 9.97 Å². The summed E-state index contributed by atoms with van der Waals surface area (Å²) in [5, 5.41) is 1.21. The molecule has 62 valence electrons. The number of nitrogens with one attached hydrogen (secondary N) is 1. The molecule has 0 amide bonds. The quantitative estimate of drug-likeness (QED) is 0.774. The topological polar surface area (TPSA) is 28.7 Å². The number of imidazole rings is 1. The minimum atomic E-state index is 0.594. The molecule has 0 unspecified atom stereocenters. The summed E-state index contributed by atoms with van der Waals surface area (Å²) in [6.45, 7) is 0. The first-order valence-corrected chi connectivity index (χ1v) is 4.72. The van der Waals surface area contributed by atoms with E-state index in [4.69, 9.17) is 23.2 Å². The highest BCUT2D eigenvalue weighted by atomic mass is 79.9. The Kier molecular flexibility index (Phi) is 2.02. The number of hydrogen-bond donors (Lipinski definition) is 1. The van der Waals surface area contributed by atoms with Crippen LogP contribution in [0.15, 0.2) is 16.9 Å². The maximum absolute atomic E-state index is 5.89. The van der Waals surface area contributed by atoms with Gasteiger partial charge in [-0.05, 0) is 28.1 Å². The lowest BCUT2D eigenvalue weighted by molar-refractivity contribution is 1.27. The van der Waals surface area contributed by atoms with Gasteiger partial charge in [0, 0.05) is 0 Å². The number of nitrogens with zero attached hydrogens (tertiary/aromatic N) is 1. The molecule has 0 bridgehead atoms. The van der Waals surface area contributed by atoms with Crippen molar-refractivity contribution < 1.29 is 0 Å². The van der Waals surface area contributed by atoms with Crippen LogP contribution in [0.1, 0.15) is 0 Å². The summed E-state index contributed by atoms with van der Waals surface area (Å²) in [4.78, 5) is 7.07. The molecule has 0 atom stereocenters. The molecule has 0 saturated heterocycles. The highest BCUT2D eigenvalue weighted by Gasteiger charge is 2.07. The minimum Gasteiger partial charge on any atom is -0.331 e. The molecule has 0 aliphatic heterocycles. The van der Waals surface area contributed by atoms with E-state index in [1.165, 1.54) is 0 Å². The Balaban J connectivity index is 2.93. The first-order chi connectivity index (χ1) is 5.68. The summed E-state index contributed by atoms with van der Waals surface area (Å²) in [5.41, 5.74) is 1.45. The lowest BCUT2D eigenvalue weighted by Crippen LogP contribution is -1.72. The van der Waals surface area contributed by atoms with Crippen LogP contribution in [0.4, 0.5) is 0 Å². The minimum absolute atomic E-state index is 0.594. The van der Waals surface area contributed by atoms with Gasteiger partial charge in [-0.2, -0.15) is 0 Å². The number of halogens is 3. The Morgan fingerprint density at radius 1 is 1.25 bits per heavy atom. The molecule has 1 N–H and O–H groups in total. The van der Waals surface area contributed by atoms with E-state index in [1.807, 2.05) is 0 Å². The van der Waals surface area contributed by atoms with E-state index in [9.17, 15) is 0 Å². The number of aromatic nitrogens is 2. The van der Waals surface area contributed by atoms with E-state index in [0.29, 0.717) is 20.3 Å². The fourth-order valence-corrected chi connectivity index (χ4v) is 1.77. The smallest absolute Gasteiger partial charge is 0.175 e. The van der Waals surface area contributed by atoms with Gasteiger partial charge in [0.1, 0.15) is 5.52 Å². The fraction of sp³-hybridized carbons (Fsp3) is 0. The van der Waals surface area contributed by atoms with Gasteiger partial charge in [-0.1, -0.05) is 23.2 Å². The van der Waals surface area contributed by atoms with Gasteiger partial charge in [0.15, 0.2) is 4.73 Å². The van der Waals surface area contributed by atoms with Crippen molar-refractivity contribution in [3.63, 3.8) is 0 Å². The maximum atomic E-state index is 5.89. The lowest BCUT2D eigenvalue weighted by Gasteiger charge is -1.93. The van der Waals surface area contributed by atoms with Gasteiger partial charge >= 0.3 is 0 Å². The number of rotatable bonds is 0. The summed E-state index contributed by atoms with van der Waals surface area (Å²) in [7, 11) is 0. The number of H-pyrrole nitrogens is 1. The average molecular weight is 266 g/mol. The predicted molar refractivity (Wildman–Crippen MR) is 53.8 cm³/mol. The molecule has 1 aromatic carbocycles. The molecule has 1 aromatic heterocycles. The van der Waals surface area contributed by atoms with E-state index in [2.05, 4.69) is 25.9 Å².